The quantitative estimate of drug-likeness (QED) is 0.539. The fraction of sp³-hybridized carbons (Fsp3) is 0.611. The highest BCUT2D eigenvalue weighted by molar-refractivity contribution is 7.91. The Morgan fingerprint density at radius 1 is 1.29 bits per heavy atom. The molecule has 2 aliphatic rings. The van der Waals surface area contributed by atoms with Gasteiger partial charge in [0.05, 0.1) is 10.5 Å². The average molecular weight is 410 g/mol. The van der Waals surface area contributed by atoms with Crippen LogP contribution in [0.1, 0.15) is 23.7 Å². The topological polar surface area (TPSA) is 113 Å². The first-order valence-electron chi connectivity index (χ1n) is 9.44. The zero-order chi connectivity index (χ0) is 20.3. The molecule has 1 amide bonds. The Morgan fingerprint density at radius 2 is 1.96 bits per heavy atom. The van der Waals surface area contributed by atoms with Gasteiger partial charge in [-0.3, -0.25) is 14.9 Å². The number of hydrogen-bond acceptors (Lipinski definition) is 7. The minimum Gasteiger partial charge on any atom is -0.338 e. The third-order valence-electron chi connectivity index (χ3n) is 5.31. The lowest BCUT2D eigenvalue weighted by molar-refractivity contribution is -0.385. The van der Waals surface area contributed by atoms with Crippen LogP contribution in [0.4, 0.5) is 5.69 Å². The van der Waals surface area contributed by atoms with E-state index in [1.54, 1.807) is 0 Å². The third-order valence-corrected chi connectivity index (χ3v) is 6.62. The number of nitrogens with one attached hydrogen (secondary N) is 1. The molecule has 154 valence electrons. The van der Waals surface area contributed by atoms with Crippen molar-refractivity contribution in [2.75, 3.05) is 45.5 Å². The number of carbonyl (C=O) groups is 1. The van der Waals surface area contributed by atoms with Crippen LogP contribution in [0.25, 0.3) is 0 Å². The van der Waals surface area contributed by atoms with Crippen molar-refractivity contribution in [3.8, 4) is 0 Å². The van der Waals surface area contributed by atoms with E-state index >= 15 is 0 Å². The zero-order valence-electron chi connectivity index (χ0n) is 15.9. The monoisotopic (exact) mass is 410 g/mol. The molecule has 3 rings (SSSR count). The minimum absolute atomic E-state index is 0.0572. The number of hydrogen-bond donors (Lipinski definition) is 1. The van der Waals surface area contributed by atoms with Gasteiger partial charge in [0.15, 0.2) is 15.1 Å². The lowest BCUT2D eigenvalue weighted by Crippen LogP contribution is -2.57. The predicted molar refractivity (Wildman–Crippen MR) is 105 cm³/mol. The smallest absolute Gasteiger partial charge is 0.274 e. The summed E-state index contributed by atoms with van der Waals surface area (Å²) in [5.74, 6) is -0.593. The molecule has 0 radical (unpaired) electrons. The molecule has 9 nitrogen and oxygen atoms in total. The molecule has 28 heavy (non-hydrogen) atoms. The van der Waals surface area contributed by atoms with Gasteiger partial charge < -0.3 is 15.1 Å². The first-order valence-corrected chi connectivity index (χ1v) is 11.4. The summed E-state index contributed by atoms with van der Waals surface area (Å²) in [6.07, 6.45) is 3.29. The Hall–Kier alpha value is -2.04. The van der Waals surface area contributed by atoms with E-state index in [-0.39, 0.29) is 17.3 Å². The van der Waals surface area contributed by atoms with E-state index in [4.69, 9.17) is 0 Å². The Labute approximate surface area is 164 Å². The number of nitro groups is 1. The molecule has 2 saturated heterocycles. The number of carbonyl (C=O) groups excluding carboxylic acids is 1. The molecule has 2 heterocycles. The molecule has 2 aliphatic heterocycles. The molecule has 0 aromatic heterocycles. The van der Waals surface area contributed by atoms with Crippen molar-refractivity contribution < 1.29 is 18.1 Å². The van der Waals surface area contributed by atoms with Gasteiger partial charge in [-0.25, -0.2) is 8.42 Å². The van der Waals surface area contributed by atoms with Crippen LogP contribution in [0.3, 0.4) is 0 Å². The number of sulfone groups is 1. The van der Waals surface area contributed by atoms with Crippen molar-refractivity contribution in [3.05, 3.63) is 39.9 Å². The molecular formula is C18H26N4O5S. The second-order valence-electron chi connectivity index (χ2n) is 7.47. The maximum Gasteiger partial charge on any atom is 0.274 e. The molecule has 10 heteroatoms. The lowest BCUT2D eigenvalue weighted by Gasteiger charge is -2.37. The summed E-state index contributed by atoms with van der Waals surface area (Å²) in [5, 5.41) is 13.2. The second-order valence-corrected chi connectivity index (χ2v) is 9.60. The van der Waals surface area contributed by atoms with E-state index in [0.29, 0.717) is 19.6 Å². The second kappa shape index (κ2) is 8.54. The van der Waals surface area contributed by atoms with Gasteiger partial charge in [0.1, 0.15) is 0 Å². The third kappa shape index (κ3) is 4.68. The Morgan fingerprint density at radius 3 is 2.61 bits per heavy atom. The molecule has 0 saturated carbocycles. The van der Waals surface area contributed by atoms with Crippen molar-refractivity contribution in [1.82, 2.24) is 15.1 Å². The first kappa shape index (κ1) is 20.7. The molecule has 0 aliphatic carbocycles. The van der Waals surface area contributed by atoms with Crippen molar-refractivity contribution in [2.24, 2.45) is 0 Å². The van der Waals surface area contributed by atoms with E-state index in [9.17, 15) is 23.3 Å². The van der Waals surface area contributed by atoms with Crippen molar-refractivity contribution in [1.29, 1.82) is 0 Å². The zero-order valence-corrected chi connectivity index (χ0v) is 16.7. The molecule has 2 unspecified atom stereocenters. The van der Waals surface area contributed by atoms with E-state index in [1.807, 2.05) is 0 Å². The van der Waals surface area contributed by atoms with Gasteiger partial charge in [0.2, 0.25) is 5.91 Å². The average Bonchev–Trinajstić information content (AvgIpc) is 3.14. The van der Waals surface area contributed by atoms with Crippen LogP contribution in [0.5, 0.6) is 0 Å². The van der Waals surface area contributed by atoms with Crippen LogP contribution < -0.4 is 5.32 Å². The fourth-order valence-electron chi connectivity index (χ4n) is 4.01. The highest BCUT2D eigenvalue weighted by Gasteiger charge is 2.39. The summed E-state index contributed by atoms with van der Waals surface area (Å²) in [7, 11) is -3.89. The van der Waals surface area contributed by atoms with E-state index in [1.165, 1.54) is 42.0 Å². The number of likely N-dealkylation sites (tertiary alicyclic amines) is 1. The van der Waals surface area contributed by atoms with Gasteiger partial charge >= 0.3 is 0 Å². The normalized spacial score (nSPS) is 22.2. The van der Waals surface area contributed by atoms with Gasteiger partial charge in [0.25, 0.3) is 5.69 Å². The SMILES string of the molecule is CS(=O)(=O)C(C(=O)N1CCNC(CN2CCCC2)C1)c1ccccc1[N+](=O)[O-]. The Kier molecular flexibility index (Phi) is 6.31. The van der Waals surface area contributed by atoms with Crippen LogP contribution in [0.2, 0.25) is 0 Å². The van der Waals surface area contributed by atoms with Crippen LogP contribution in [-0.4, -0.2) is 80.6 Å². The summed E-state index contributed by atoms with van der Waals surface area (Å²) in [5.41, 5.74) is -0.426. The van der Waals surface area contributed by atoms with Gasteiger partial charge in [-0.2, -0.15) is 0 Å². The lowest BCUT2D eigenvalue weighted by atomic mass is 10.1. The maximum atomic E-state index is 13.2. The Bertz CT molecular complexity index is 838. The van der Waals surface area contributed by atoms with Crippen molar-refractivity contribution in [3.63, 3.8) is 0 Å². The summed E-state index contributed by atoms with van der Waals surface area (Å²) >= 11 is 0. The van der Waals surface area contributed by atoms with Crippen LogP contribution in [0, 0.1) is 10.1 Å². The number of rotatable bonds is 6. The molecule has 1 aromatic rings. The number of amides is 1. The number of nitro benzene ring substituents is 1. The summed E-state index contributed by atoms with van der Waals surface area (Å²) in [6.45, 7) is 4.21. The highest BCUT2D eigenvalue weighted by atomic mass is 32.2. The van der Waals surface area contributed by atoms with Gasteiger partial charge in [-0.15, -0.1) is 0 Å². The number of nitrogens with zero attached hydrogens (tertiary/aromatic N) is 3. The summed E-state index contributed by atoms with van der Waals surface area (Å²) in [6, 6.07) is 5.62. The fourth-order valence-corrected chi connectivity index (χ4v) is 5.19. The van der Waals surface area contributed by atoms with Gasteiger partial charge in [0, 0.05) is 44.5 Å². The van der Waals surface area contributed by atoms with Gasteiger partial charge in [-0.1, -0.05) is 18.2 Å². The number of piperazine rings is 1. The number of para-hydroxylation sites is 1. The van der Waals surface area contributed by atoms with Crippen LogP contribution in [0.15, 0.2) is 24.3 Å². The van der Waals surface area contributed by atoms with Crippen LogP contribution in [-0.2, 0) is 14.6 Å². The first-order chi connectivity index (χ1) is 13.3. The predicted octanol–water partition coefficient (Wildman–Crippen LogP) is 0.577. The molecule has 1 aromatic carbocycles. The van der Waals surface area contributed by atoms with E-state index in [2.05, 4.69) is 10.2 Å². The summed E-state index contributed by atoms with van der Waals surface area (Å²) < 4.78 is 24.9. The largest absolute Gasteiger partial charge is 0.338 e. The van der Waals surface area contributed by atoms with E-state index in [0.717, 1.165) is 25.9 Å². The van der Waals surface area contributed by atoms with E-state index < -0.39 is 25.9 Å². The molecule has 2 atom stereocenters. The molecule has 0 spiro atoms. The van der Waals surface area contributed by atoms with Crippen LogP contribution >= 0.6 is 0 Å². The highest BCUT2D eigenvalue weighted by Crippen LogP contribution is 2.32. The molecular weight excluding hydrogens is 384 g/mol. The molecule has 1 N–H and O–H groups in total. The van der Waals surface area contributed by atoms with Gasteiger partial charge in [-0.05, 0) is 25.9 Å². The molecule has 0 bridgehead atoms. The van der Waals surface area contributed by atoms with Crippen molar-refractivity contribution >= 4 is 21.4 Å². The standard InChI is InChI=1S/C18H26N4O5S/c1-28(26,27)17(15-6-2-3-7-16(15)22(24)25)18(23)21-11-8-19-14(13-21)12-20-9-4-5-10-20/h2-3,6-7,14,17,19H,4-5,8-13H2,1H3. The maximum absolute atomic E-state index is 13.2. The number of benzene rings is 1. The summed E-state index contributed by atoms with van der Waals surface area (Å²) in [4.78, 5) is 27.8. The molecule has 2 fully saturated rings. The Balaban J connectivity index is 1.83. The van der Waals surface area contributed by atoms with Crippen molar-refractivity contribution in [2.45, 2.75) is 24.1 Å². The minimum atomic E-state index is -3.89.